The number of carbonyl (C=O) groups excluding carboxylic acids is 1. The summed E-state index contributed by atoms with van der Waals surface area (Å²) in [5.41, 5.74) is 6.68. The van der Waals surface area contributed by atoms with Gasteiger partial charge in [0.1, 0.15) is 0 Å². The van der Waals surface area contributed by atoms with Gasteiger partial charge in [0.25, 0.3) is 0 Å². The van der Waals surface area contributed by atoms with Crippen LogP contribution in [0.5, 0.6) is 0 Å². The Labute approximate surface area is 151 Å². The van der Waals surface area contributed by atoms with Gasteiger partial charge in [-0.2, -0.15) is 5.10 Å². The highest BCUT2D eigenvalue weighted by molar-refractivity contribution is 5.85. The summed E-state index contributed by atoms with van der Waals surface area (Å²) in [6.45, 7) is 8.49. The smallest absolute Gasteiger partial charge is 0.221 e. The third kappa shape index (κ3) is 6.79. The molecule has 1 aliphatic rings. The van der Waals surface area contributed by atoms with Crippen molar-refractivity contribution in [2.75, 3.05) is 19.6 Å². The molecule has 2 heterocycles. The van der Waals surface area contributed by atoms with Gasteiger partial charge in [0.05, 0.1) is 6.20 Å². The van der Waals surface area contributed by atoms with Crippen LogP contribution in [0.25, 0.3) is 0 Å². The van der Waals surface area contributed by atoms with Gasteiger partial charge in [-0.25, -0.2) is 0 Å². The molecule has 138 valence electrons. The zero-order chi connectivity index (χ0) is 16.7. The fourth-order valence-electron chi connectivity index (χ4n) is 3.15. The first-order valence-electron chi connectivity index (χ1n) is 8.80. The quantitative estimate of drug-likeness (QED) is 0.743. The fourth-order valence-corrected chi connectivity index (χ4v) is 3.15. The monoisotopic (exact) mass is 357 g/mol. The van der Waals surface area contributed by atoms with Crippen molar-refractivity contribution in [3.05, 3.63) is 18.0 Å². The number of likely N-dealkylation sites (tertiary alicyclic amines) is 1. The molecule has 1 amide bonds. The number of amides is 1. The van der Waals surface area contributed by atoms with E-state index in [2.05, 4.69) is 35.4 Å². The first-order valence-corrected chi connectivity index (χ1v) is 8.80. The van der Waals surface area contributed by atoms with Crippen LogP contribution in [0.1, 0.15) is 45.1 Å². The molecule has 0 radical (unpaired) electrons. The third-order valence-electron chi connectivity index (χ3n) is 4.28. The lowest BCUT2D eigenvalue weighted by molar-refractivity contribution is -0.121. The van der Waals surface area contributed by atoms with Crippen molar-refractivity contribution in [1.82, 2.24) is 20.0 Å². The Bertz CT molecular complexity index is 491. The van der Waals surface area contributed by atoms with E-state index in [9.17, 15) is 4.79 Å². The van der Waals surface area contributed by atoms with E-state index >= 15 is 0 Å². The molecule has 1 aromatic rings. The Kier molecular flexibility index (Phi) is 9.33. The maximum absolute atomic E-state index is 11.6. The standard InChI is InChI=1S/C17H31N5O.ClH/c1-14(2)11-22-13-15(9-20-22)12-21-8-4-3-5-16(21)10-19-17(23)6-7-18;/h9,13-14,16H,3-8,10-12,18H2,1-2H3,(H,19,23);1H. The molecule has 6 nitrogen and oxygen atoms in total. The van der Waals surface area contributed by atoms with Crippen LogP contribution in [0, 0.1) is 5.92 Å². The lowest BCUT2D eigenvalue weighted by atomic mass is 10.0. The molecule has 0 spiro atoms. The second kappa shape index (κ2) is 10.7. The first-order chi connectivity index (χ1) is 11.1. The summed E-state index contributed by atoms with van der Waals surface area (Å²) < 4.78 is 2.03. The minimum Gasteiger partial charge on any atom is -0.354 e. The van der Waals surface area contributed by atoms with Crippen LogP contribution in [0.3, 0.4) is 0 Å². The van der Waals surface area contributed by atoms with Crippen molar-refractivity contribution in [3.63, 3.8) is 0 Å². The van der Waals surface area contributed by atoms with Crippen LogP contribution in [0.4, 0.5) is 0 Å². The topological polar surface area (TPSA) is 76.2 Å². The summed E-state index contributed by atoms with van der Waals surface area (Å²) in [5.74, 6) is 0.658. The summed E-state index contributed by atoms with van der Waals surface area (Å²) in [5, 5.41) is 7.47. The Morgan fingerprint density at radius 2 is 2.25 bits per heavy atom. The van der Waals surface area contributed by atoms with Crippen molar-refractivity contribution in [2.24, 2.45) is 11.7 Å². The predicted molar refractivity (Wildman–Crippen MR) is 99.0 cm³/mol. The van der Waals surface area contributed by atoms with E-state index in [1.54, 1.807) is 0 Å². The Balaban J connectivity index is 0.00000288. The number of hydrogen-bond donors (Lipinski definition) is 2. The normalized spacial score (nSPS) is 18.4. The molecule has 7 heteroatoms. The maximum Gasteiger partial charge on any atom is 0.221 e. The number of rotatable bonds is 8. The Hall–Kier alpha value is -1.11. The summed E-state index contributed by atoms with van der Waals surface area (Å²) in [7, 11) is 0. The predicted octanol–water partition coefficient (Wildman–Crippen LogP) is 1.78. The van der Waals surface area contributed by atoms with E-state index in [1.807, 2.05) is 10.9 Å². The Morgan fingerprint density at radius 1 is 1.46 bits per heavy atom. The highest BCUT2D eigenvalue weighted by Gasteiger charge is 2.23. The van der Waals surface area contributed by atoms with Gasteiger partial charge in [-0.1, -0.05) is 20.3 Å². The number of nitrogens with one attached hydrogen (secondary N) is 1. The van der Waals surface area contributed by atoms with Crippen LogP contribution in [-0.2, 0) is 17.9 Å². The van der Waals surface area contributed by atoms with Gasteiger partial charge in [-0.05, 0) is 25.3 Å². The van der Waals surface area contributed by atoms with Gasteiger partial charge < -0.3 is 11.1 Å². The van der Waals surface area contributed by atoms with Crippen LogP contribution in [0.15, 0.2) is 12.4 Å². The lowest BCUT2D eigenvalue weighted by Crippen LogP contribution is -2.46. The highest BCUT2D eigenvalue weighted by Crippen LogP contribution is 2.19. The maximum atomic E-state index is 11.6. The summed E-state index contributed by atoms with van der Waals surface area (Å²) in [6.07, 6.45) is 8.14. The molecule has 1 aliphatic heterocycles. The van der Waals surface area contributed by atoms with Crippen molar-refractivity contribution < 1.29 is 4.79 Å². The zero-order valence-electron chi connectivity index (χ0n) is 14.9. The summed E-state index contributed by atoms with van der Waals surface area (Å²) >= 11 is 0. The number of hydrogen-bond acceptors (Lipinski definition) is 4. The molecular formula is C17H32ClN5O. The molecule has 2 rings (SSSR count). The van der Waals surface area contributed by atoms with E-state index in [4.69, 9.17) is 5.73 Å². The van der Waals surface area contributed by atoms with Gasteiger partial charge in [0.2, 0.25) is 5.91 Å². The number of piperidine rings is 1. The lowest BCUT2D eigenvalue weighted by Gasteiger charge is -2.35. The molecule has 24 heavy (non-hydrogen) atoms. The third-order valence-corrected chi connectivity index (χ3v) is 4.28. The molecule has 1 atom stereocenters. The molecular weight excluding hydrogens is 326 g/mol. The second-order valence-corrected chi connectivity index (χ2v) is 6.93. The largest absolute Gasteiger partial charge is 0.354 e. The van der Waals surface area contributed by atoms with Gasteiger partial charge in [0.15, 0.2) is 0 Å². The average molecular weight is 358 g/mol. The van der Waals surface area contributed by atoms with E-state index in [-0.39, 0.29) is 18.3 Å². The number of nitrogens with zero attached hydrogens (tertiary/aromatic N) is 3. The molecule has 1 unspecified atom stereocenters. The number of carbonyl (C=O) groups is 1. The van der Waals surface area contributed by atoms with Gasteiger partial charge in [0, 0.05) is 50.4 Å². The van der Waals surface area contributed by atoms with E-state index in [0.29, 0.717) is 24.9 Å². The van der Waals surface area contributed by atoms with E-state index in [0.717, 1.165) is 32.6 Å². The molecule has 1 saturated heterocycles. The molecule has 0 saturated carbocycles. The van der Waals surface area contributed by atoms with Crippen molar-refractivity contribution in [3.8, 4) is 0 Å². The second-order valence-electron chi connectivity index (χ2n) is 6.93. The Morgan fingerprint density at radius 3 is 2.96 bits per heavy atom. The minimum atomic E-state index is 0. The van der Waals surface area contributed by atoms with Gasteiger partial charge in [-0.3, -0.25) is 14.4 Å². The highest BCUT2D eigenvalue weighted by atomic mass is 35.5. The molecule has 0 bridgehead atoms. The minimum absolute atomic E-state index is 0. The fraction of sp³-hybridized carbons (Fsp3) is 0.765. The number of nitrogens with two attached hydrogens (primary N) is 1. The first kappa shape index (κ1) is 20.9. The van der Waals surface area contributed by atoms with Crippen molar-refractivity contribution in [1.29, 1.82) is 0 Å². The van der Waals surface area contributed by atoms with Gasteiger partial charge in [-0.15, -0.1) is 12.4 Å². The zero-order valence-corrected chi connectivity index (χ0v) is 15.7. The number of halogens is 1. The van der Waals surface area contributed by atoms with Crippen molar-refractivity contribution in [2.45, 2.75) is 58.7 Å². The molecule has 3 N–H and O–H groups in total. The van der Waals surface area contributed by atoms with Gasteiger partial charge >= 0.3 is 0 Å². The summed E-state index contributed by atoms with van der Waals surface area (Å²) in [6, 6.07) is 0.416. The van der Waals surface area contributed by atoms with Crippen molar-refractivity contribution >= 4 is 18.3 Å². The van der Waals surface area contributed by atoms with E-state index in [1.165, 1.54) is 18.4 Å². The van der Waals surface area contributed by atoms with Crippen LogP contribution in [-0.4, -0.2) is 46.3 Å². The van der Waals surface area contributed by atoms with Crippen LogP contribution >= 0.6 is 12.4 Å². The van der Waals surface area contributed by atoms with Crippen LogP contribution < -0.4 is 11.1 Å². The average Bonchev–Trinajstić information content (AvgIpc) is 2.93. The molecule has 0 aliphatic carbocycles. The SMILES string of the molecule is CC(C)Cn1cc(CN2CCCCC2CNC(=O)CCN)cn1.Cl. The van der Waals surface area contributed by atoms with Crippen LogP contribution in [0.2, 0.25) is 0 Å². The molecule has 1 aromatic heterocycles. The van der Waals surface area contributed by atoms with E-state index < -0.39 is 0 Å². The summed E-state index contributed by atoms with van der Waals surface area (Å²) in [4.78, 5) is 14.1. The molecule has 0 aromatic carbocycles. The number of aromatic nitrogens is 2. The molecule has 1 fully saturated rings.